The Balaban J connectivity index is 1.99. The molecule has 1 atom stereocenters. The van der Waals surface area contributed by atoms with Crippen molar-refractivity contribution in [2.45, 2.75) is 20.0 Å². The summed E-state index contributed by atoms with van der Waals surface area (Å²) in [5, 5.41) is 2.65. The van der Waals surface area contributed by atoms with Gasteiger partial charge in [0.2, 0.25) is 5.76 Å². The fourth-order valence-electron chi connectivity index (χ4n) is 1.80. The van der Waals surface area contributed by atoms with E-state index < -0.39 is 18.0 Å². The van der Waals surface area contributed by atoms with Gasteiger partial charge in [-0.05, 0) is 38.1 Å². The van der Waals surface area contributed by atoms with Crippen LogP contribution in [0.3, 0.4) is 0 Å². The second-order valence-electron chi connectivity index (χ2n) is 4.65. The first-order valence-electron chi connectivity index (χ1n) is 6.72. The Morgan fingerprint density at radius 1 is 1.18 bits per heavy atom. The van der Waals surface area contributed by atoms with Crippen LogP contribution in [0.25, 0.3) is 0 Å². The molecule has 0 unspecified atom stereocenters. The molecule has 1 N–H and O–H groups in total. The van der Waals surface area contributed by atoms with Crippen LogP contribution in [0.15, 0.2) is 40.8 Å². The summed E-state index contributed by atoms with van der Waals surface area (Å²) in [5.41, 5.74) is 0.506. The summed E-state index contributed by atoms with van der Waals surface area (Å²) in [6.07, 6.45) is -0.970. The van der Waals surface area contributed by atoms with E-state index in [1.54, 1.807) is 37.3 Å². The molecular formula is C16H17NO5. The van der Waals surface area contributed by atoms with E-state index in [-0.39, 0.29) is 5.76 Å². The number of ether oxygens (including phenoxy) is 2. The molecule has 2 rings (SSSR count). The molecule has 1 aromatic heterocycles. The normalized spacial score (nSPS) is 11.6. The van der Waals surface area contributed by atoms with Gasteiger partial charge in [-0.15, -0.1) is 0 Å². The van der Waals surface area contributed by atoms with Crippen LogP contribution in [0.4, 0.5) is 5.69 Å². The molecule has 6 nitrogen and oxygen atoms in total. The summed E-state index contributed by atoms with van der Waals surface area (Å²) < 4.78 is 15.4. The first-order chi connectivity index (χ1) is 10.5. The zero-order valence-corrected chi connectivity index (χ0v) is 12.6. The number of methoxy groups -OCH3 is 1. The van der Waals surface area contributed by atoms with Crippen molar-refractivity contribution in [2.75, 3.05) is 12.4 Å². The highest BCUT2D eigenvalue weighted by Gasteiger charge is 2.21. The van der Waals surface area contributed by atoms with Crippen molar-refractivity contribution < 1.29 is 23.5 Å². The summed E-state index contributed by atoms with van der Waals surface area (Å²) in [7, 11) is 1.51. The Bertz CT molecular complexity index is 677. The Labute approximate surface area is 128 Å². The molecule has 6 heteroatoms. The maximum Gasteiger partial charge on any atom is 0.375 e. The molecule has 22 heavy (non-hydrogen) atoms. The summed E-state index contributed by atoms with van der Waals surface area (Å²) in [5.74, 6) is 0.0421. The fourth-order valence-corrected chi connectivity index (χ4v) is 1.80. The number of para-hydroxylation sites is 2. The van der Waals surface area contributed by atoms with Crippen molar-refractivity contribution >= 4 is 17.6 Å². The standard InChI is InChI=1S/C16H17NO5/c1-10-8-9-14(21-10)16(19)22-11(2)15(18)17-12-6-4-5-7-13(12)20-3/h4-9,11H,1-3H3,(H,17,18)/t11-/m0/s1. The Hall–Kier alpha value is -2.76. The molecule has 0 aliphatic rings. The number of nitrogens with one attached hydrogen (secondary N) is 1. The molecule has 0 bridgehead atoms. The van der Waals surface area contributed by atoms with E-state index in [4.69, 9.17) is 13.9 Å². The van der Waals surface area contributed by atoms with E-state index in [1.165, 1.54) is 20.1 Å². The lowest BCUT2D eigenvalue weighted by atomic mass is 10.2. The van der Waals surface area contributed by atoms with Gasteiger partial charge in [0.1, 0.15) is 11.5 Å². The second kappa shape index (κ2) is 6.80. The van der Waals surface area contributed by atoms with E-state index in [1.807, 2.05) is 0 Å². The topological polar surface area (TPSA) is 77.8 Å². The van der Waals surface area contributed by atoms with Crippen molar-refractivity contribution in [1.82, 2.24) is 0 Å². The van der Waals surface area contributed by atoms with Crippen LogP contribution in [0, 0.1) is 6.92 Å². The number of amides is 1. The lowest BCUT2D eigenvalue weighted by Gasteiger charge is -2.14. The van der Waals surface area contributed by atoms with E-state index in [2.05, 4.69) is 5.32 Å². The predicted octanol–water partition coefficient (Wildman–Crippen LogP) is 2.78. The first kappa shape index (κ1) is 15.6. The fraction of sp³-hybridized carbons (Fsp3) is 0.250. The highest BCUT2D eigenvalue weighted by Crippen LogP contribution is 2.23. The summed E-state index contributed by atoms with van der Waals surface area (Å²) >= 11 is 0. The van der Waals surface area contributed by atoms with Gasteiger partial charge in [0.05, 0.1) is 12.8 Å². The number of aryl methyl sites for hydroxylation is 1. The Morgan fingerprint density at radius 2 is 1.91 bits per heavy atom. The number of hydrogen-bond donors (Lipinski definition) is 1. The molecule has 2 aromatic rings. The minimum absolute atomic E-state index is 0.0643. The van der Waals surface area contributed by atoms with Crippen LogP contribution >= 0.6 is 0 Å². The molecule has 0 saturated heterocycles. The molecule has 1 aromatic carbocycles. The first-order valence-corrected chi connectivity index (χ1v) is 6.72. The van der Waals surface area contributed by atoms with Gasteiger partial charge in [-0.25, -0.2) is 4.79 Å². The van der Waals surface area contributed by atoms with Crippen LogP contribution in [0.1, 0.15) is 23.2 Å². The van der Waals surface area contributed by atoms with Crippen molar-refractivity contribution in [2.24, 2.45) is 0 Å². The highest BCUT2D eigenvalue weighted by molar-refractivity contribution is 5.97. The maximum atomic E-state index is 12.1. The minimum Gasteiger partial charge on any atom is -0.495 e. The number of rotatable bonds is 5. The van der Waals surface area contributed by atoms with E-state index >= 15 is 0 Å². The Kier molecular flexibility index (Phi) is 4.83. The van der Waals surface area contributed by atoms with Gasteiger partial charge in [0.15, 0.2) is 6.10 Å². The van der Waals surface area contributed by atoms with E-state index in [0.717, 1.165) is 0 Å². The molecule has 1 amide bonds. The lowest BCUT2D eigenvalue weighted by molar-refractivity contribution is -0.123. The molecule has 1 heterocycles. The minimum atomic E-state index is -0.970. The molecule has 0 aliphatic heterocycles. The number of benzene rings is 1. The average molecular weight is 303 g/mol. The average Bonchev–Trinajstić information content (AvgIpc) is 2.94. The second-order valence-corrected chi connectivity index (χ2v) is 4.65. The zero-order valence-electron chi connectivity index (χ0n) is 12.6. The number of anilines is 1. The lowest BCUT2D eigenvalue weighted by Crippen LogP contribution is -2.30. The van der Waals surface area contributed by atoms with Gasteiger partial charge in [0, 0.05) is 0 Å². The quantitative estimate of drug-likeness (QED) is 0.859. The molecular weight excluding hydrogens is 286 g/mol. The molecule has 0 radical (unpaired) electrons. The van der Waals surface area contributed by atoms with Crippen molar-refractivity contribution in [3.63, 3.8) is 0 Å². The van der Waals surface area contributed by atoms with Crippen LogP contribution < -0.4 is 10.1 Å². The van der Waals surface area contributed by atoms with Gasteiger partial charge in [0.25, 0.3) is 5.91 Å². The zero-order chi connectivity index (χ0) is 16.1. The summed E-state index contributed by atoms with van der Waals surface area (Å²) in [6.45, 7) is 3.20. The number of carbonyl (C=O) groups is 2. The monoisotopic (exact) mass is 303 g/mol. The van der Waals surface area contributed by atoms with Gasteiger partial charge >= 0.3 is 5.97 Å². The van der Waals surface area contributed by atoms with Crippen LogP contribution in [0.5, 0.6) is 5.75 Å². The Morgan fingerprint density at radius 3 is 2.55 bits per heavy atom. The number of esters is 1. The van der Waals surface area contributed by atoms with E-state index in [0.29, 0.717) is 17.2 Å². The van der Waals surface area contributed by atoms with Crippen LogP contribution in [0.2, 0.25) is 0 Å². The number of furan rings is 1. The van der Waals surface area contributed by atoms with Crippen LogP contribution in [-0.4, -0.2) is 25.1 Å². The summed E-state index contributed by atoms with van der Waals surface area (Å²) in [6, 6.07) is 10.1. The third-order valence-electron chi connectivity index (χ3n) is 2.96. The maximum absolute atomic E-state index is 12.1. The number of hydrogen-bond acceptors (Lipinski definition) is 5. The summed E-state index contributed by atoms with van der Waals surface area (Å²) in [4.78, 5) is 23.9. The van der Waals surface area contributed by atoms with Gasteiger partial charge < -0.3 is 19.2 Å². The molecule has 0 saturated carbocycles. The van der Waals surface area contributed by atoms with Crippen molar-refractivity contribution in [3.05, 3.63) is 47.9 Å². The molecule has 0 fully saturated rings. The SMILES string of the molecule is COc1ccccc1NC(=O)[C@H](C)OC(=O)c1ccc(C)o1. The van der Waals surface area contributed by atoms with Crippen molar-refractivity contribution in [1.29, 1.82) is 0 Å². The molecule has 116 valence electrons. The van der Waals surface area contributed by atoms with Gasteiger partial charge in [-0.2, -0.15) is 0 Å². The van der Waals surface area contributed by atoms with E-state index in [9.17, 15) is 9.59 Å². The molecule has 0 aliphatic carbocycles. The number of carbonyl (C=O) groups excluding carboxylic acids is 2. The highest BCUT2D eigenvalue weighted by atomic mass is 16.6. The molecule has 0 spiro atoms. The third-order valence-corrected chi connectivity index (χ3v) is 2.96. The van der Waals surface area contributed by atoms with Gasteiger partial charge in [-0.3, -0.25) is 4.79 Å². The third kappa shape index (κ3) is 3.66. The van der Waals surface area contributed by atoms with Crippen LogP contribution in [-0.2, 0) is 9.53 Å². The smallest absolute Gasteiger partial charge is 0.375 e. The predicted molar refractivity (Wildman–Crippen MR) is 79.9 cm³/mol. The largest absolute Gasteiger partial charge is 0.495 e. The van der Waals surface area contributed by atoms with Crippen molar-refractivity contribution in [3.8, 4) is 5.75 Å². The van der Waals surface area contributed by atoms with Gasteiger partial charge in [-0.1, -0.05) is 12.1 Å².